The van der Waals surface area contributed by atoms with Crippen LogP contribution in [0.3, 0.4) is 0 Å². The number of imide groups is 1. The van der Waals surface area contributed by atoms with Gasteiger partial charge in [0, 0.05) is 10.6 Å². The molecule has 0 aromatic heterocycles. The molecular weight excluding hydrogens is 512 g/mol. The zero-order valence-corrected chi connectivity index (χ0v) is 21.1. The van der Waals surface area contributed by atoms with Gasteiger partial charge < -0.3 is 9.47 Å². The number of ether oxygens (including phenoxy) is 2. The molecule has 1 fully saturated rings. The summed E-state index contributed by atoms with van der Waals surface area (Å²) in [4.78, 5) is 26.5. The average Bonchev–Trinajstić information content (AvgIpc) is 3.07. The lowest BCUT2D eigenvalue weighted by molar-refractivity contribution is -0.123. The molecule has 1 aliphatic heterocycles. The van der Waals surface area contributed by atoms with Gasteiger partial charge in [0.05, 0.1) is 23.6 Å². The van der Waals surface area contributed by atoms with E-state index in [2.05, 4.69) is 0 Å². The molecule has 9 heteroatoms. The molecule has 5 nitrogen and oxygen atoms in total. The fourth-order valence-electron chi connectivity index (χ4n) is 3.55. The molecule has 180 valence electrons. The SMILES string of the molecule is COc1cc(/C=C2\SC(=O)N(Cc3c(F)cccc3Cl)C2=O)cc(Cl)c1OCc1cccc(C)c1. The average molecular weight is 532 g/mol. The van der Waals surface area contributed by atoms with Crippen molar-refractivity contribution in [3.8, 4) is 11.5 Å². The minimum atomic E-state index is -0.585. The maximum atomic E-state index is 14.2. The summed E-state index contributed by atoms with van der Waals surface area (Å²) >= 11 is 13.3. The Morgan fingerprint density at radius 3 is 2.54 bits per heavy atom. The molecule has 0 aliphatic carbocycles. The molecule has 35 heavy (non-hydrogen) atoms. The second-order valence-electron chi connectivity index (χ2n) is 7.78. The van der Waals surface area contributed by atoms with Crippen LogP contribution in [0.2, 0.25) is 10.0 Å². The minimum absolute atomic E-state index is 0.0811. The number of halogens is 3. The Labute approximate surface area is 216 Å². The fraction of sp³-hybridized carbons (Fsp3) is 0.154. The maximum absolute atomic E-state index is 14.2. The van der Waals surface area contributed by atoms with Gasteiger partial charge in [-0.2, -0.15) is 0 Å². The number of aryl methyl sites for hydroxylation is 1. The number of benzene rings is 3. The number of rotatable bonds is 7. The summed E-state index contributed by atoms with van der Waals surface area (Å²) in [6.45, 7) is 2.04. The van der Waals surface area contributed by atoms with Crippen LogP contribution in [-0.2, 0) is 17.9 Å². The molecule has 3 aromatic carbocycles. The van der Waals surface area contributed by atoms with Gasteiger partial charge in [-0.05, 0) is 60.2 Å². The number of carbonyl (C=O) groups excluding carboxylic acids is 2. The Hall–Kier alpha value is -3.00. The first-order chi connectivity index (χ1) is 16.8. The highest BCUT2D eigenvalue weighted by molar-refractivity contribution is 8.18. The summed E-state index contributed by atoms with van der Waals surface area (Å²) in [5, 5.41) is -0.0804. The number of thioether (sulfide) groups is 1. The summed E-state index contributed by atoms with van der Waals surface area (Å²) in [6, 6.07) is 15.4. The van der Waals surface area contributed by atoms with Crippen molar-refractivity contribution in [3.63, 3.8) is 0 Å². The molecule has 4 rings (SSSR count). The van der Waals surface area contributed by atoms with Crippen molar-refractivity contribution in [1.29, 1.82) is 0 Å². The standard InChI is InChI=1S/C26H20Cl2FNO4S/c1-15-5-3-6-16(9-15)14-34-24-20(28)10-17(11-22(24)33-2)12-23-25(31)30(26(32)35-23)13-18-19(27)7-4-8-21(18)29/h3-12H,13-14H2,1-2H3/b23-12-. The van der Waals surface area contributed by atoms with E-state index in [4.69, 9.17) is 32.7 Å². The van der Waals surface area contributed by atoms with E-state index in [9.17, 15) is 14.0 Å². The van der Waals surface area contributed by atoms with Gasteiger partial charge in [0.25, 0.3) is 11.1 Å². The predicted octanol–water partition coefficient (Wildman–Crippen LogP) is 7.27. The summed E-state index contributed by atoms with van der Waals surface area (Å²) in [7, 11) is 1.49. The lowest BCUT2D eigenvalue weighted by atomic mass is 10.1. The fourth-order valence-corrected chi connectivity index (χ4v) is 4.88. The summed E-state index contributed by atoms with van der Waals surface area (Å²) < 4.78 is 25.5. The topological polar surface area (TPSA) is 55.8 Å². The first-order valence-electron chi connectivity index (χ1n) is 10.5. The van der Waals surface area contributed by atoms with E-state index >= 15 is 0 Å². The van der Waals surface area contributed by atoms with Gasteiger partial charge in [-0.3, -0.25) is 14.5 Å². The van der Waals surface area contributed by atoms with Gasteiger partial charge in [0.15, 0.2) is 11.5 Å². The number of methoxy groups -OCH3 is 1. The Balaban J connectivity index is 1.55. The van der Waals surface area contributed by atoms with Crippen molar-refractivity contribution in [2.45, 2.75) is 20.1 Å². The summed E-state index contributed by atoms with van der Waals surface area (Å²) in [5.74, 6) is -0.378. The van der Waals surface area contributed by atoms with Crippen molar-refractivity contribution in [2.75, 3.05) is 7.11 Å². The van der Waals surface area contributed by atoms with Crippen LogP contribution >= 0.6 is 35.0 Å². The second kappa shape index (κ2) is 10.7. The Kier molecular flexibility index (Phi) is 7.69. The van der Waals surface area contributed by atoms with Gasteiger partial charge in [-0.1, -0.05) is 59.1 Å². The third-order valence-corrected chi connectivity index (χ3v) is 6.81. The first-order valence-corrected chi connectivity index (χ1v) is 12.1. The number of hydrogen-bond donors (Lipinski definition) is 0. The van der Waals surface area contributed by atoms with E-state index in [0.29, 0.717) is 28.7 Å². The van der Waals surface area contributed by atoms with Crippen molar-refractivity contribution in [1.82, 2.24) is 4.90 Å². The van der Waals surface area contributed by atoms with Gasteiger partial charge in [-0.25, -0.2) is 4.39 Å². The summed E-state index contributed by atoms with van der Waals surface area (Å²) in [6.07, 6.45) is 1.53. The molecule has 0 atom stereocenters. The van der Waals surface area contributed by atoms with E-state index in [0.717, 1.165) is 27.8 Å². The number of carbonyl (C=O) groups is 2. The maximum Gasteiger partial charge on any atom is 0.293 e. The normalized spacial score (nSPS) is 14.7. The van der Waals surface area contributed by atoms with Crippen LogP contribution < -0.4 is 9.47 Å². The highest BCUT2D eigenvalue weighted by atomic mass is 35.5. The number of amides is 2. The molecule has 0 N–H and O–H groups in total. The van der Waals surface area contributed by atoms with Crippen LogP contribution in [0.4, 0.5) is 9.18 Å². The molecule has 0 spiro atoms. The first kappa shape index (κ1) is 25.1. The molecule has 1 heterocycles. The van der Waals surface area contributed by atoms with E-state index in [1.807, 2.05) is 31.2 Å². The van der Waals surface area contributed by atoms with Crippen molar-refractivity contribution >= 4 is 52.2 Å². The third kappa shape index (κ3) is 5.64. The third-order valence-electron chi connectivity index (χ3n) is 5.27. The predicted molar refractivity (Wildman–Crippen MR) is 136 cm³/mol. The van der Waals surface area contributed by atoms with E-state index in [-0.39, 0.29) is 22.0 Å². The molecule has 0 radical (unpaired) electrons. The molecule has 0 unspecified atom stereocenters. The monoisotopic (exact) mass is 531 g/mol. The zero-order valence-electron chi connectivity index (χ0n) is 18.8. The van der Waals surface area contributed by atoms with Crippen LogP contribution in [-0.4, -0.2) is 23.2 Å². The van der Waals surface area contributed by atoms with Crippen LogP contribution in [0.25, 0.3) is 6.08 Å². The minimum Gasteiger partial charge on any atom is -0.493 e. The molecular formula is C26H20Cl2FNO4S. The van der Waals surface area contributed by atoms with Gasteiger partial charge in [0.1, 0.15) is 12.4 Å². The highest BCUT2D eigenvalue weighted by Gasteiger charge is 2.36. The second-order valence-corrected chi connectivity index (χ2v) is 9.59. The molecule has 0 saturated carbocycles. The lowest BCUT2D eigenvalue weighted by Crippen LogP contribution is -2.28. The molecule has 0 bridgehead atoms. The van der Waals surface area contributed by atoms with Gasteiger partial charge in [-0.15, -0.1) is 0 Å². The van der Waals surface area contributed by atoms with Crippen molar-refractivity contribution < 1.29 is 23.5 Å². The largest absolute Gasteiger partial charge is 0.493 e. The molecule has 2 amide bonds. The summed E-state index contributed by atoms with van der Waals surface area (Å²) in [5.41, 5.74) is 2.73. The molecule has 1 saturated heterocycles. The Morgan fingerprint density at radius 2 is 1.83 bits per heavy atom. The van der Waals surface area contributed by atoms with E-state index in [1.54, 1.807) is 12.1 Å². The lowest BCUT2D eigenvalue weighted by Gasteiger charge is -2.14. The number of nitrogens with zero attached hydrogens (tertiary/aromatic N) is 1. The number of hydrogen-bond acceptors (Lipinski definition) is 5. The van der Waals surface area contributed by atoms with Crippen LogP contribution in [0, 0.1) is 12.7 Å². The Bertz CT molecular complexity index is 1320. The quantitative estimate of drug-likeness (QED) is 0.300. The van der Waals surface area contributed by atoms with E-state index < -0.39 is 17.0 Å². The smallest absolute Gasteiger partial charge is 0.293 e. The highest BCUT2D eigenvalue weighted by Crippen LogP contribution is 2.40. The zero-order chi connectivity index (χ0) is 25.1. The van der Waals surface area contributed by atoms with Gasteiger partial charge in [0.2, 0.25) is 0 Å². The molecule has 1 aliphatic rings. The van der Waals surface area contributed by atoms with Crippen LogP contribution in [0.15, 0.2) is 59.5 Å². The van der Waals surface area contributed by atoms with E-state index in [1.165, 1.54) is 31.4 Å². The molecule has 3 aromatic rings. The van der Waals surface area contributed by atoms with Crippen molar-refractivity contribution in [3.05, 3.63) is 97.6 Å². The van der Waals surface area contributed by atoms with Gasteiger partial charge >= 0.3 is 0 Å². The Morgan fingerprint density at radius 1 is 1.06 bits per heavy atom. The van der Waals surface area contributed by atoms with Crippen LogP contribution in [0.5, 0.6) is 11.5 Å². The van der Waals surface area contributed by atoms with Crippen LogP contribution in [0.1, 0.15) is 22.3 Å². The van der Waals surface area contributed by atoms with Crippen molar-refractivity contribution in [2.24, 2.45) is 0 Å².